The van der Waals surface area contributed by atoms with Crippen molar-refractivity contribution in [1.29, 1.82) is 0 Å². The summed E-state index contributed by atoms with van der Waals surface area (Å²) in [5.41, 5.74) is 0.372. The van der Waals surface area contributed by atoms with Gasteiger partial charge in [0.1, 0.15) is 5.60 Å². The van der Waals surface area contributed by atoms with Crippen LogP contribution >= 0.6 is 11.8 Å². The molecule has 0 radical (unpaired) electrons. The number of nitrogens with one attached hydrogen (secondary N) is 1. The van der Waals surface area contributed by atoms with Crippen LogP contribution in [0.5, 0.6) is 0 Å². The van der Waals surface area contributed by atoms with Gasteiger partial charge in [0.2, 0.25) is 4.87 Å². The molecule has 0 saturated heterocycles. The Balaban J connectivity index is 1.78. The molecule has 1 heterocycles. The summed E-state index contributed by atoms with van der Waals surface area (Å²) in [6, 6.07) is 20.9. The molecular formula is C27H25F3N2O3S. The normalized spacial score (nSPS) is 17.6. The second-order valence-electron chi connectivity index (χ2n) is 9.33. The smallest absolute Gasteiger partial charge is 0.416 e. The van der Waals surface area contributed by atoms with Crippen LogP contribution < -0.4 is 10.2 Å². The predicted molar refractivity (Wildman–Crippen MR) is 132 cm³/mol. The highest BCUT2D eigenvalue weighted by atomic mass is 32.2. The number of para-hydroxylation sites is 1. The number of carbonyl (C=O) groups is 2. The molecule has 1 atom stereocenters. The first-order valence-electron chi connectivity index (χ1n) is 11.2. The Bertz CT molecular complexity index is 1260. The van der Waals surface area contributed by atoms with E-state index in [0.717, 1.165) is 29.5 Å². The average molecular weight is 515 g/mol. The lowest BCUT2D eigenvalue weighted by Crippen LogP contribution is -2.51. The first-order chi connectivity index (χ1) is 16.9. The maximum atomic E-state index is 14.1. The molecule has 188 valence electrons. The molecule has 0 aliphatic carbocycles. The summed E-state index contributed by atoms with van der Waals surface area (Å²) in [6.07, 6.45) is -5.30. The van der Waals surface area contributed by atoms with Crippen LogP contribution in [0.1, 0.15) is 37.5 Å². The monoisotopic (exact) mass is 514 g/mol. The summed E-state index contributed by atoms with van der Waals surface area (Å²) in [7, 11) is 0. The highest BCUT2D eigenvalue weighted by Gasteiger charge is 2.53. The molecule has 5 nitrogen and oxygen atoms in total. The van der Waals surface area contributed by atoms with Gasteiger partial charge in [-0.15, -0.1) is 0 Å². The molecule has 3 aromatic carbocycles. The number of nitrogens with zero attached hydrogens (tertiary/aromatic N) is 1. The molecule has 0 fully saturated rings. The number of alkyl halides is 3. The summed E-state index contributed by atoms with van der Waals surface area (Å²) in [4.78, 5) is 27.3. The number of hydrogen-bond donors (Lipinski definition) is 1. The highest BCUT2D eigenvalue weighted by molar-refractivity contribution is 8.01. The minimum atomic E-state index is -4.49. The van der Waals surface area contributed by atoms with E-state index in [4.69, 9.17) is 4.74 Å². The van der Waals surface area contributed by atoms with Crippen LogP contribution in [0.15, 0.2) is 83.8 Å². The van der Waals surface area contributed by atoms with Crippen molar-refractivity contribution in [2.75, 3.05) is 4.90 Å². The van der Waals surface area contributed by atoms with Gasteiger partial charge in [0, 0.05) is 10.5 Å². The number of halogens is 3. The van der Waals surface area contributed by atoms with Gasteiger partial charge in [-0.3, -0.25) is 10.1 Å². The maximum absolute atomic E-state index is 14.1. The number of benzene rings is 3. The number of thioether (sulfide) groups is 1. The molecule has 1 aliphatic rings. The van der Waals surface area contributed by atoms with Crippen LogP contribution in [0, 0.1) is 0 Å². The molecule has 0 aromatic heterocycles. The van der Waals surface area contributed by atoms with E-state index in [1.54, 1.807) is 49.9 Å². The Hall–Kier alpha value is -3.46. The Morgan fingerprint density at radius 3 is 2.17 bits per heavy atom. The molecule has 36 heavy (non-hydrogen) atoms. The summed E-state index contributed by atoms with van der Waals surface area (Å²) < 4.78 is 44.8. The van der Waals surface area contributed by atoms with E-state index in [2.05, 4.69) is 5.32 Å². The summed E-state index contributed by atoms with van der Waals surface area (Å²) in [6.45, 7) is 5.36. The van der Waals surface area contributed by atoms with Gasteiger partial charge in [0.15, 0.2) is 0 Å². The third-order valence-electron chi connectivity index (χ3n) is 5.43. The number of hydrogen-bond acceptors (Lipinski definition) is 4. The van der Waals surface area contributed by atoms with E-state index < -0.39 is 34.2 Å². The molecule has 0 unspecified atom stereocenters. The summed E-state index contributed by atoms with van der Waals surface area (Å²) in [5, 5.41) is 2.75. The van der Waals surface area contributed by atoms with E-state index in [0.29, 0.717) is 16.1 Å². The average Bonchev–Trinajstić information content (AvgIpc) is 3.01. The zero-order chi connectivity index (χ0) is 26.1. The highest BCUT2D eigenvalue weighted by Crippen LogP contribution is 2.50. The van der Waals surface area contributed by atoms with Gasteiger partial charge in [-0.05, 0) is 56.7 Å². The predicted octanol–water partition coefficient (Wildman–Crippen LogP) is 6.72. The Morgan fingerprint density at radius 1 is 0.944 bits per heavy atom. The Kier molecular flexibility index (Phi) is 6.79. The van der Waals surface area contributed by atoms with Crippen molar-refractivity contribution >= 4 is 29.4 Å². The van der Waals surface area contributed by atoms with Crippen LogP contribution in [0.3, 0.4) is 0 Å². The van der Waals surface area contributed by atoms with Gasteiger partial charge in [0.05, 0.1) is 17.8 Å². The standard InChI is InChI=1S/C27H25F3N2O3S/c1-25(2,3)35-24(34)31-26(36-20-15-13-19(14-16-20)27(28,29)30)21-11-7-8-12-22(21)32(23(26)33)17-18-9-5-4-6-10-18/h4-16H,17H2,1-3H3,(H,31,34)/t26-/m1/s1. The molecule has 0 saturated carbocycles. The third kappa shape index (κ3) is 5.36. The van der Waals surface area contributed by atoms with Crippen molar-refractivity contribution in [3.8, 4) is 0 Å². The Morgan fingerprint density at radius 2 is 1.56 bits per heavy atom. The molecule has 0 bridgehead atoms. The number of carbonyl (C=O) groups excluding carboxylic acids is 2. The van der Waals surface area contributed by atoms with Crippen LogP contribution in [-0.2, 0) is 27.1 Å². The first kappa shape index (κ1) is 25.6. The number of alkyl carbamates (subject to hydrolysis) is 1. The fourth-order valence-corrected chi connectivity index (χ4v) is 5.17. The molecule has 1 aliphatic heterocycles. The van der Waals surface area contributed by atoms with Gasteiger partial charge in [-0.1, -0.05) is 60.3 Å². The molecule has 3 aromatic rings. The Labute approximate surface area is 211 Å². The second-order valence-corrected chi connectivity index (χ2v) is 10.6. The fourth-order valence-electron chi connectivity index (χ4n) is 3.93. The van der Waals surface area contributed by atoms with E-state index in [1.807, 2.05) is 30.3 Å². The molecular weight excluding hydrogens is 489 g/mol. The molecule has 1 N–H and O–H groups in total. The first-order valence-corrected chi connectivity index (χ1v) is 12.0. The summed E-state index contributed by atoms with van der Waals surface area (Å²) >= 11 is 0.967. The zero-order valence-electron chi connectivity index (χ0n) is 19.9. The van der Waals surface area contributed by atoms with Crippen molar-refractivity contribution in [1.82, 2.24) is 5.32 Å². The second kappa shape index (κ2) is 9.54. The van der Waals surface area contributed by atoms with Crippen molar-refractivity contribution < 1.29 is 27.5 Å². The minimum absolute atomic E-state index is 0.252. The molecule has 9 heteroatoms. The number of ether oxygens (including phenoxy) is 1. The van der Waals surface area contributed by atoms with E-state index >= 15 is 0 Å². The number of anilines is 1. The zero-order valence-corrected chi connectivity index (χ0v) is 20.7. The van der Waals surface area contributed by atoms with Gasteiger partial charge >= 0.3 is 12.3 Å². The fraction of sp³-hybridized carbons (Fsp3) is 0.259. The van der Waals surface area contributed by atoms with Crippen LogP contribution in [-0.4, -0.2) is 17.6 Å². The largest absolute Gasteiger partial charge is 0.444 e. The van der Waals surface area contributed by atoms with E-state index in [-0.39, 0.29) is 6.54 Å². The molecule has 0 spiro atoms. The maximum Gasteiger partial charge on any atom is 0.416 e. The quantitative estimate of drug-likeness (QED) is 0.384. The number of rotatable bonds is 5. The van der Waals surface area contributed by atoms with Crippen LogP contribution in [0.25, 0.3) is 0 Å². The van der Waals surface area contributed by atoms with Gasteiger partial charge in [-0.25, -0.2) is 4.79 Å². The summed E-state index contributed by atoms with van der Waals surface area (Å²) in [5.74, 6) is -0.427. The number of fused-ring (bicyclic) bond motifs is 1. The lowest BCUT2D eigenvalue weighted by atomic mass is 10.1. The minimum Gasteiger partial charge on any atom is -0.444 e. The number of amides is 2. The van der Waals surface area contributed by atoms with Gasteiger partial charge < -0.3 is 9.64 Å². The van der Waals surface area contributed by atoms with Crippen LogP contribution in [0.4, 0.5) is 23.7 Å². The van der Waals surface area contributed by atoms with Crippen molar-refractivity contribution in [2.45, 2.75) is 48.9 Å². The molecule has 2 amide bonds. The van der Waals surface area contributed by atoms with Crippen LogP contribution in [0.2, 0.25) is 0 Å². The van der Waals surface area contributed by atoms with Gasteiger partial charge in [-0.2, -0.15) is 13.2 Å². The lowest BCUT2D eigenvalue weighted by Gasteiger charge is -2.31. The molecule has 4 rings (SSSR count). The van der Waals surface area contributed by atoms with E-state index in [9.17, 15) is 22.8 Å². The van der Waals surface area contributed by atoms with Crippen molar-refractivity contribution in [3.05, 3.63) is 95.6 Å². The van der Waals surface area contributed by atoms with Gasteiger partial charge in [0.25, 0.3) is 5.91 Å². The lowest BCUT2D eigenvalue weighted by molar-refractivity contribution is -0.137. The van der Waals surface area contributed by atoms with Crippen molar-refractivity contribution in [2.24, 2.45) is 0 Å². The SMILES string of the molecule is CC(C)(C)OC(=O)N[C@]1(Sc2ccc(C(F)(F)F)cc2)C(=O)N(Cc2ccccc2)c2ccccc21. The topological polar surface area (TPSA) is 58.6 Å². The third-order valence-corrected chi connectivity index (χ3v) is 6.74. The van der Waals surface area contributed by atoms with E-state index in [1.165, 1.54) is 12.1 Å². The van der Waals surface area contributed by atoms with Crippen molar-refractivity contribution in [3.63, 3.8) is 0 Å².